The van der Waals surface area contributed by atoms with Crippen molar-refractivity contribution in [3.8, 4) is 11.6 Å². The molecule has 0 unspecified atom stereocenters. The highest BCUT2D eigenvalue weighted by molar-refractivity contribution is 9.10. The minimum absolute atomic E-state index is 0.0526. The zero-order valence-electron chi connectivity index (χ0n) is 12.7. The van der Waals surface area contributed by atoms with Crippen LogP contribution in [0.4, 0.5) is 0 Å². The molecule has 0 bridgehead atoms. The van der Waals surface area contributed by atoms with Crippen LogP contribution in [0, 0.1) is 0 Å². The maximum absolute atomic E-state index is 11.9. The molecule has 0 aliphatic rings. The molecule has 0 saturated carbocycles. The van der Waals surface area contributed by atoms with Gasteiger partial charge in [-0.25, -0.2) is 4.98 Å². The van der Waals surface area contributed by atoms with Crippen LogP contribution < -0.4 is 10.1 Å². The van der Waals surface area contributed by atoms with E-state index in [1.54, 1.807) is 38.4 Å². The second-order valence-electron chi connectivity index (χ2n) is 4.91. The third-order valence-corrected chi connectivity index (χ3v) is 3.46. The summed E-state index contributed by atoms with van der Waals surface area (Å²) in [4.78, 5) is 28.8. The zero-order valence-corrected chi connectivity index (χ0v) is 14.3. The van der Waals surface area contributed by atoms with Gasteiger partial charge in [0.25, 0.3) is 5.91 Å². The van der Waals surface area contributed by atoms with Gasteiger partial charge < -0.3 is 15.0 Å². The van der Waals surface area contributed by atoms with Crippen LogP contribution in [-0.2, 0) is 4.79 Å². The van der Waals surface area contributed by atoms with E-state index in [-0.39, 0.29) is 18.4 Å². The zero-order chi connectivity index (χ0) is 16.8. The van der Waals surface area contributed by atoms with Crippen molar-refractivity contribution in [3.63, 3.8) is 0 Å². The topological polar surface area (TPSA) is 71.5 Å². The molecule has 2 rings (SSSR count). The van der Waals surface area contributed by atoms with Gasteiger partial charge in [-0.3, -0.25) is 9.59 Å². The van der Waals surface area contributed by atoms with Crippen molar-refractivity contribution in [2.24, 2.45) is 0 Å². The minimum Gasteiger partial charge on any atom is -0.439 e. The van der Waals surface area contributed by atoms with Gasteiger partial charge in [-0.1, -0.05) is 15.9 Å². The highest BCUT2D eigenvalue weighted by Crippen LogP contribution is 2.21. The van der Waals surface area contributed by atoms with Crippen molar-refractivity contribution >= 4 is 27.7 Å². The summed E-state index contributed by atoms with van der Waals surface area (Å²) in [5, 5.41) is 2.54. The summed E-state index contributed by atoms with van der Waals surface area (Å²) < 4.78 is 6.53. The third kappa shape index (κ3) is 5.07. The van der Waals surface area contributed by atoms with Crippen molar-refractivity contribution < 1.29 is 14.3 Å². The summed E-state index contributed by atoms with van der Waals surface area (Å²) in [5.41, 5.74) is 0.361. The molecule has 23 heavy (non-hydrogen) atoms. The number of likely N-dealkylation sites (N-methyl/N-ethyl adjacent to an activating group) is 1. The number of hydrogen-bond acceptors (Lipinski definition) is 4. The summed E-state index contributed by atoms with van der Waals surface area (Å²) in [7, 11) is 3.26. The predicted octanol–water partition coefficient (Wildman–Crippen LogP) is 2.45. The van der Waals surface area contributed by atoms with Crippen molar-refractivity contribution in [3.05, 3.63) is 52.6 Å². The van der Waals surface area contributed by atoms with E-state index in [1.807, 2.05) is 12.1 Å². The quantitative estimate of drug-likeness (QED) is 0.868. The van der Waals surface area contributed by atoms with E-state index in [9.17, 15) is 9.59 Å². The van der Waals surface area contributed by atoms with Gasteiger partial charge in [-0.2, -0.15) is 0 Å². The Morgan fingerprint density at radius 2 is 1.87 bits per heavy atom. The fourth-order valence-electron chi connectivity index (χ4n) is 1.61. The number of benzene rings is 1. The predicted molar refractivity (Wildman–Crippen MR) is 89.5 cm³/mol. The van der Waals surface area contributed by atoms with Crippen LogP contribution in [0.15, 0.2) is 47.1 Å². The molecule has 0 spiro atoms. The standard InChI is InChI=1S/C16H16BrN3O3/c1-20(2)15(21)10-19-16(22)11-3-8-14(18-9-11)23-13-6-4-12(17)5-7-13/h3-9H,10H2,1-2H3,(H,19,22). The first-order valence-electron chi connectivity index (χ1n) is 6.83. The summed E-state index contributed by atoms with van der Waals surface area (Å²) in [6, 6.07) is 10.5. The summed E-state index contributed by atoms with van der Waals surface area (Å²) in [5.74, 6) is 0.493. The number of carbonyl (C=O) groups excluding carboxylic acids is 2. The fourth-order valence-corrected chi connectivity index (χ4v) is 1.88. The molecule has 1 aromatic carbocycles. The second-order valence-corrected chi connectivity index (χ2v) is 5.83. The van der Waals surface area contributed by atoms with Crippen LogP contribution >= 0.6 is 15.9 Å². The molecule has 2 amide bonds. The molecule has 0 radical (unpaired) electrons. The molecule has 0 atom stereocenters. The number of nitrogens with zero attached hydrogens (tertiary/aromatic N) is 2. The Bertz CT molecular complexity index is 685. The van der Waals surface area contributed by atoms with E-state index in [0.29, 0.717) is 17.2 Å². The lowest BCUT2D eigenvalue weighted by Crippen LogP contribution is -2.36. The monoisotopic (exact) mass is 377 g/mol. The Morgan fingerprint density at radius 1 is 1.17 bits per heavy atom. The summed E-state index contributed by atoms with van der Waals surface area (Å²) >= 11 is 3.35. The lowest BCUT2D eigenvalue weighted by atomic mass is 10.2. The first-order valence-corrected chi connectivity index (χ1v) is 7.63. The van der Waals surface area contributed by atoms with Crippen LogP contribution in [0.1, 0.15) is 10.4 Å². The maximum Gasteiger partial charge on any atom is 0.253 e. The Labute approximate surface area is 142 Å². The molecule has 0 saturated heterocycles. The Morgan fingerprint density at radius 3 is 2.43 bits per heavy atom. The third-order valence-electron chi connectivity index (χ3n) is 2.93. The van der Waals surface area contributed by atoms with Crippen molar-refractivity contribution in [1.29, 1.82) is 0 Å². The van der Waals surface area contributed by atoms with E-state index in [4.69, 9.17) is 4.74 Å². The first kappa shape index (κ1) is 17.0. The number of carbonyl (C=O) groups is 2. The number of rotatable bonds is 5. The smallest absolute Gasteiger partial charge is 0.253 e. The lowest BCUT2D eigenvalue weighted by Gasteiger charge is -2.11. The number of amides is 2. The number of ether oxygens (including phenoxy) is 1. The second kappa shape index (κ2) is 7.73. The Balaban J connectivity index is 1.94. The largest absolute Gasteiger partial charge is 0.439 e. The van der Waals surface area contributed by atoms with Gasteiger partial charge in [0, 0.05) is 30.8 Å². The Hall–Kier alpha value is -2.41. The molecule has 6 nitrogen and oxygen atoms in total. The van der Waals surface area contributed by atoms with Crippen LogP contribution in [-0.4, -0.2) is 42.3 Å². The lowest BCUT2D eigenvalue weighted by molar-refractivity contribution is -0.127. The van der Waals surface area contributed by atoms with Gasteiger partial charge in [0.15, 0.2) is 0 Å². The molecule has 0 fully saturated rings. The van der Waals surface area contributed by atoms with Crippen LogP contribution in [0.2, 0.25) is 0 Å². The van der Waals surface area contributed by atoms with Crippen LogP contribution in [0.25, 0.3) is 0 Å². The molecular weight excluding hydrogens is 362 g/mol. The maximum atomic E-state index is 11.9. The Kier molecular flexibility index (Phi) is 5.70. The highest BCUT2D eigenvalue weighted by Gasteiger charge is 2.10. The van der Waals surface area contributed by atoms with Gasteiger partial charge in [-0.05, 0) is 30.3 Å². The molecule has 7 heteroatoms. The summed E-state index contributed by atoms with van der Waals surface area (Å²) in [6.45, 7) is -0.0526. The molecule has 1 aromatic heterocycles. The molecule has 0 aliphatic carbocycles. The van der Waals surface area contributed by atoms with Crippen molar-refractivity contribution in [1.82, 2.24) is 15.2 Å². The molecule has 2 aromatic rings. The van der Waals surface area contributed by atoms with Gasteiger partial charge in [0.2, 0.25) is 11.8 Å². The van der Waals surface area contributed by atoms with Crippen molar-refractivity contribution in [2.75, 3.05) is 20.6 Å². The molecular formula is C16H16BrN3O3. The van der Waals surface area contributed by atoms with E-state index >= 15 is 0 Å². The van der Waals surface area contributed by atoms with Crippen molar-refractivity contribution in [2.45, 2.75) is 0 Å². The normalized spacial score (nSPS) is 10.0. The first-order chi connectivity index (χ1) is 11.0. The van der Waals surface area contributed by atoms with E-state index in [0.717, 1.165) is 4.47 Å². The van der Waals surface area contributed by atoms with E-state index < -0.39 is 0 Å². The average Bonchev–Trinajstić information content (AvgIpc) is 2.55. The van der Waals surface area contributed by atoms with Crippen LogP contribution in [0.3, 0.4) is 0 Å². The van der Waals surface area contributed by atoms with Gasteiger partial charge >= 0.3 is 0 Å². The number of nitrogens with one attached hydrogen (secondary N) is 1. The fraction of sp³-hybridized carbons (Fsp3) is 0.188. The molecule has 120 valence electrons. The van der Waals surface area contributed by atoms with E-state index in [2.05, 4.69) is 26.2 Å². The van der Waals surface area contributed by atoms with Gasteiger partial charge in [-0.15, -0.1) is 0 Å². The molecule has 1 heterocycles. The minimum atomic E-state index is -0.358. The van der Waals surface area contributed by atoms with Gasteiger partial charge in [0.1, 0.15) is 5.75 Å². The number of halogens is 1. The SMILES string of the molecule is CN(C)C(=O)CNC(=O)c1ccc(Oc2ccc(Br)cc2)nc1. The van der Waals surface area contributed by atoms with Crippen LogP contribution in [0.5, 0.6) is 11.6 Å². The summed E-state index contributed by atoms with van der Waals surface area (Å²) in [6.07, 6.45) is 1.41. The average molecular weight is 378 g/mol. The van der Waals surface area contributed by atoms with Gasteiger partial charge in [0.05, 0.1) is 12.1 Å². The van der Waals surface area contributed by atoms with E-state index in [1.165, 1.54) is 11.1 Å². The number of aromatic nitrogens is 1. The molecule has 1 N–H and O–H groups in total. The number of pyridine rings is 1. The highest BCUT2D eigenvalue weighted by atomic mass is 79.9. The number of hydrogen-bond donors (Lipinski definition) is 1. The molecule has 0 aliphatic heterocycles.